The van der Waals surface area contributed by atoms with Crippen molar-refractivity contribution >= 4 is 22.7 Å². The van der Waals surface area contributed by atoms with E-state index >= 15 is 0 Å². The molecule has 0 fully saturated rings. The molecule has 0 bridgehead atoms. The highest BCUT2D eigenvalue weighted by molar-refractivity contribution is 5.90. The van der Waals surface area contributed by atoms with E-state index in [4.69, 9.17) is 0 Å². The van der Waals surface area contributed by atoms with Crippen molar-refractivity contribution in [1.82, 2.24) is 14.5 Å². The Labute approximate surface area is 123 Å². The molecular weight excluding hydrogens is 260 g/mol. The van der Waals surface area contributed by atoms with Gasteiger partial charge in [0.05, 0.1) is 16.6 Å². The molecule has 2 heterocycles. The van der Waals surface area contributed by atoms with Crippen LogP contribution in [0.1, 0.15) is 18.3 Å². The number of imidazole rings is 1. The number of benzene rings is 1. The summed E-state index contributed by atoms with van der Waals surface area (Å²) in [4.78, 5) is 8.67. The van der Waals surface area contributed by atoms with Crippen molar-refractivity contribution in [3.8, 4) is 6.07 Å². The minimum absolute atomic E-state index is 0.543. The zero-order valence-electron chi connectivity index (χ0n) is 11.7. The number of fused-ring (bicyclic) bond motifs is 1. The molecule has 3 rings (SSSR count). The van der Waals surface area contributed by atoms with E-state index in [2.05, 4.69) is 27.5 Å². The highest BCUT2D eigenvalue weighted by Crippen LogP contribution is 2.22. The number of aryl methyl sites for hydroxylation is 1. The van der Waals surface area contributed by atoms with Gasteiger partial charge in [-0.1, -0.05) is 18.2 Å². The number of nitrogens with zero attached hydrogens (tertiary/aromatic N) is 4. The normalized spacial score (nSPS) is 11.5. The maximum absolute atomic E-state index is 9.49. The van der Waals surface area contributed by atoms with Gasteiger partial charge in [0.15, 0.2) is 5.82 Å². The van der Waals surface area contributed by atoms with E-state index in [0.717, 1.165) is 23.1 Å². The first-order valence-corrected chi connectivity index (χ1v) is 6.81. The largest absolute Gasteiger partial charge is 0.324 e. The second-order valence-corrected chi connectivity index (χ2v) is 4.62. The summed E-state index contributed by atoms with van der Waals surface area (Å²) in [5, 5.41) is 9.49. The first-order chi connectivity index (χ1) is 10.3. The summed E-state index contributed by atoms with van der Waals surface area (Å²) < 4.78 is 2.06. The lowest BCUT2D eigenvalue weighted by Gasteiger charge is -2.04. The zero-order valence-corrected chi connectivity index (χ0v) is 11.7. The average molecular weight is 274 g/mol. The van der Waals surface area contributed by atoms with E-state index in [9.17, 15) is 5.26 Å². The van der Waals surface area contributed by atoms with E-state index in [1.165, 1.54) is 0 Å². The van der Waals surface area contributed by atoms with Crippen LogP contribution in [0.4, 0.5) is 0 Å². The summed E-state index contributed by atoms with van der Waals surface area (Å²) in [7, 11) is 0. The summed E-state index contributed by atoms with van der Waals surface area (Å²) in [6.07, 6.45) is 5.27. The number of hydrogen-bond acceptors (Lipinski definition) is 3. The van der Waals surface area contributed by atoms with Crippen LogP contribution in [0.3, 0.4) is 0 Å². The molecule has 21 heavy (non-hydrogen) atoms. The number of pyridine rings is 1. The monoisotopic (exact) mass is 274 g/mol. The van der Waals surface area contributed by atoms with Crippen molar-refractivity contribution in [2.24, 2.45) is 0 Å². The van der Waals surface area contributed by atoms with E-state index in [0.29, 0.717) is 11.4 Å². The van der Waals surface area contributed by atoms with Crippen LogP contribution in [0.25, 0.3) is 22.7 Å². The van der Waals surface area contributed by atoms with Gasteiger partial charge in [0.25, 0.3) is 0 Å². The Morgan fingerprint density at radius 2 is 2.14 bits per heavy atom. The summed E-state index contributed by atoms with van der Waals surface area (Å²) in [6, 6.07) is 13.9. The molecule has 0 aliphatic carbocycles. The lowest BCUT2D eigenvalue weighted by molar-refractivity contribution is 0.775. The van der Waals surface area contributed by atoms with Crippen molar-refractivity contribution in [3.05, 3.63) is 60.2 Å². The van der Waals surface area contributed by atoms with E-state index in [1.807, 2.05) is 42.5 Å². The van der Waals surface area contributed by atoms with Crippen molar-refractivity contribution in [2.75, 3.05) is 0 Å². The van der Waals surface area contributed by atoms with Gasteiger partial charge in [0.2, 0.25) is 0 Å². The molecule has 0 aliphatic rings. The molecule has 0 aliphatic heterocycles. The first-order valence-electron chi connectivity index (χ1n) is 6.81. The molecule has 0 amide bonds. The number of allylic oxidation sites excluding steroid dienone is 1. The van der Waals surface area contributed by atoms with Gasteiger partial charge >= 0.3 is 0 Å². The third-order valence-electron chi connectivity index (χ3n) is 3.33. The molecular formula is C17H14N4. The van der Waals surface area contributed by atoms with Crippen LogP contribution in [0.5, 0.6) is 0 Å². The van der Waals surface area contributed by atoms with Crippen LogP contribution in [-0.4, -0.2) is 14.5 Å². The van der Waals surface area contributed by atoms with E-state index in [1.54, 1.807) is 12.4 Å². The smallest absolute Gasteiger partial charge is 0.151 e. The van der Waals surface area contributed by atoms with Crippen molar-refractivity contribution in [1.29, 1.82) is 5.26 Å². The summed E-state index contributed by atoms with van der Waals surface area (Å²) in [5.41, 5.74) is 3.38. The number of rotatable bonds is 3. The Kier molecular flexibility index (Phi) is 3.48. The Hall–Kier alpha value is -2.93. The molecule has 3 aromatic rings. The van der Waals surface area contributed by atoms with Crippen LogP contribution in [0, 0.1) is 11.3 Å². The predicted octanol–water partition coefficient (Wildman–Crippen LogP) is 3.52. The zero-order chi connectivity index (χ0) is 14.7. The van der Waals surface area contributed by atoms with E-state index < -0.39 is 0 Å². The van der Waals surface area contributed by atoms with Crippen molar-refractivity contribution in [2.45, 2.75) is 13.5 Å². The lowest BCUT2D eigenvalue weighted by atomic mass is 10.1. The molecule has 0 N–H and O–H groups in total. The fraction of sp³-hybridized carbons (Fsp3) is 0.118. The van der Waals surface area contributed by atoms with Gasteiger partial charge in [-0.25, -0.2) is 4.98 Å². The Morgan fingerprint density at radius 3 is 2.86 bits per heavy atom. The summed E-state index contributed by atoms with van der Waals surface area (Å²) >= 11 is 0. The topological polar surface area (TPSA) is 54.5 Å². The van der Waals surface area contributed by atoms with Gasteiger partial charge in [-0.05, 0) is 36.8 Å². The van der Waals surface area contributed by atoms with Crippen LogP contribution in [0.15, 0.2) is 48.8 Å². The number of aromatic nitrogens is 3. The minimum atomic E-state index is 0.543. The van der Waals surface area contributed by atoms with Crippen molar-refractivity contribution in [3.63, 3.8) is 0 Å². The lowest BCUT2D eigenvalue weighted by Crippen LogP contribution is -2.00. The standard InChI is InChI=1S/C17H14N4/c1-2-21-16-8-4-3-7-15(16)20-17(21)14(11-18)10-13-6-5-9-19-12-13/h3-10,12H,2H2,1H3/b14-10-. The molecule has 102 valence electrons. The van der Waals surface area contributed by atoms with Gasteiger partial charge in [0, 0.05) is 18.9 Å². The molecule has 0 atom stereocenters. The molecule has 0 saturated heterocycles. The Bertz CT molecular complexity index is 838. The molecule has 0 saturated carbocycles. The van der Waals surface area contributed by atoms with Gasteiger partial charge in [0.1, 0.15) is 6.07 Å². The minimum Gasteiger partial charge on any atom is -0.324 e. The Morgan fingerprint density at radius 1 is 1.29 bits per heavy atom. The molecule has 0 radical (unpaired) electrons. The van der Waals surface area contributed by atoms with Crippen LogP contribution in [0.2, 0.25) is 0 Å². The molecule has 0 unspecified atom stereocenters. The van der Waals surface area contributed by atoms with Gasteiger partial charge in [-0.15, -0.1) is 0 Å². The molecule has 4 nitrogen and oxygen atoms in total. The predicted molar refractivity (Wildman–Crippen MR) is 83.1 cm³/mol. The average Bonchev–Trinajstić information content (AvgIpc) is 2.92. The number of nitriles is 1. The fourth-order valence-corrected chi connectivity index (χ4v) is 2.38. The quantitative estimate of drug-likeness (QED) is 0.687. The van der Waals surface area contributed by atoms with Crippen LogP contribution < -0.4 is 0 Å². The Balaban J connectivity index is 2.18. The van der Waals surface area contributed by atoms with Crippen molar-refractivity contribution < 1.29 is 0 Å². The maximum atomic E-state index is 9.49. The van der Waals surface area contributed by atoms with Crippen LogP contribution >= 0.6 is 0 Å². The van der Waals surface area contributed by atoms with Gasteiger partial charge < -0.3 is 4.57 Å². The van der Waals surface area contributed by atoms with Gasteiger partial charge in [-0.2, -0.15) is 5.26 Å². The summed E-state index contributed by atoms with van der Waals surface area (Å²) in [6.45, 7) is 2.82. The first kappa shape index (κ1) is 13.1. The fourth-order valence-electron chi connectivity index (χ4n) is 2.38. The maximum Gasteiger partial charge on any atom is 0.151 e. The van der Waals surface area contributed by atoms with Gasteiger partial charge in [-0.3, -0.25) is 4.98 Å². The third kappa shape index (κ3) is 2.41. The molecule has 4 heteroatoms. The SMILES string of the molecule is CCn1c(/C(C#N)=C\c2cccnc2)nc2ccccc21. The van der Waals surface area contributed by atoms with E-state index in [-0.39, 0.29) is 0 Å². The molecule has 1 aromatic carbocycles. The summed E-state index contributed by atoms with van der Waals surface area (Å²) in [5.74, 6) is 0.699. The molecule has 2 aromatic heterocycles. The second-order valence-electron chi connectivity index (χ2n) is 4.62. The number of hydrogen-bond donors (Lipinski definition) is 0. The highest BCUT2D eigenvalue weighted by Gasteiger charge is 2.13. The molecule has 0 spiro atoms. The van der Waals surface area contributed by atoms with Crippen LogP contribution in [-0.2, 0) is 6.54 Å². The second kappa shape index (κ2) is 5.59. The third-order valence-corrected chi connectivity index (χ3v) is 3.33. The number of para-hydroxylation sites is 2. The highest BCUT2D eigenvalue weighted by atomic mass is 15.1.